The number of carboxylic acid groups (broad SMARTS) is 1. The SMILES string of the molecule is O=C(O)CCCCCNC(=O)c1ccc2c(c1)CCC=C2. The van der Waals surface area contributed by atoms with E-state index in [4.69, 9.17) is 5.11 Å². The zero-order chi connectivity index (χ0) is 15.1. The summed E-state index contributed by atoms with van der Waals surface area (Å²) >= 11 is 0. The number of carboxylic acids is 1. The molecule has 21 heavy (non-hydrogen) atoms. The largest absolute Gasteiger partial charge is 0.481 e. The van der Waals surface area contributed by atoms with Gasteiger partial charge in [0.25, 0.3) is 5.91 Å². The van der Waals surface area contributed by atoms with Gasteiger partial charge in [0.05, 0.1) is 0 Å². The highest BCUT2D eigenvalue weighted by molar-refractivity contribution is 5.94. The summed E-state index contributed by atoms with van der Waals surface area (Å²) in [6.07, 6.45) is 8.77. The van der Waals surface area contributed by atoms with Gasteiger partial charge in [-0.3, -0.25) is 9.59 Å². The van der Waals surface area contributed by atoms with Gasteiger partial charge in [-0.2, -0.15) is 0 Å². The van der Waals surface area contributed by atoms with Crippen molar-refractivity contribution in [2.24, 2.45) is 0 Å². The van der Waals surface area contributed by atoms with Gasteiger partial charge < -0.3 is 10.4 Å². The molecule has 0 unspecified atom stereocenters. The zero-order valence-electron chi connectivity index (χ0n) is 12.1. The molecule has 4 heteroatoms. The summed E-state index contributed by atoms with van der Waals surface area (Å²) in [4.78, 5) is 22.4. The molecule has 0 saturated heterocycles. The minimum Gasteiger partial charge on any atom is -0.481 e. The van der Waals surface area contributed by atoms with Crippen molar-refractivity contribution in [1.29, 1.82) is 0 Å². The fraction of sp³-hybridized carbons (Fsp3) is 0.412. The van der Waals surface area contributed by atoms with Crippen molar-refractivity contribution in [3.05, 3.63) is 41.0 Å². The van der Waals surface area contributed by atoms with Gasteiger partial charge in [0.2, 0.25) is 0 Å². The molecule has 0 spiro atoms. The molecule has 1 aromatic carbocycles. The summed E-state index contributed by atoms with van der Waals surface area (Å²) in [6.45, 7) is 0.593. The lowest BCUT2D eigenvalue weighted by Gasteiger charge is -2.12. The summed E-state index contributed by atoms with van der Waals surface area (Å²) in [6, 6.07) is 5.82. The number of nitrogens with one attached hydrogen (secondary N) is 1. The van der Waals surface area contributed by atoms with Crippen LogP contribution in [0, 0.1) is 0 Å². The topological polar surface area (TPSA) is 66.4 Å². The number of hydrogen-bond acceptors (Lipinski definition) is 2. The Kier molecular flexibility index (Phi) is 5.55. The predicted molar refractivity (Wildman–Crippen MR) is 82.2 cm³/mol. The Morgan fingerprint density at radius 1 is 1.19 bits per heavy atom. The van der Waals surface area contributed by atoms with E-state index >= 15 is 0 Å². The van der Waals surface area contributed by atoms with Crippen LogP contribution in [0.2, 0.25) is 0 Å². The van der Waals surface area contributed by atoms with Crippen LogP contribution in [-0.2, 0) is 11.2 Å². The highest BCUT2D eigenvalue weighted by Crippen LogP contribution is 2.20. The van der Waals surface area contributed by atoms with E-state index in [2.05, 4.69) is 17.5 Å². The van der Waals surface area contributed by atoms with Crippen molar-refractivity contribution < 1.29 is 14.7 Å². The number of allylic oxidation sites excluding steroid dienone is 1. The number of carbonyl (C=O) groups is 2. The molecule has 112 valence electrons. The summed E-state index contributed by atoms with van der Waals surface area (Å²) in [5, 5.41) is 11.4. The van der Waals surface area contributed by atoms with Crippen LogP contribution < -0.4 is 5.32 Å². The molecule has 4 nitrogen and oxygen atoms in total. The van der Waals surface area contributed by atoms with Crippen LogP contribution in [0.1, 0.15) is 53.6 Å². The Labute approximate surface area is 124 Å². The molecule has 0 bridgehead atoms. The predicted octanol–water partition coefficient (Wildman–Crippen LogP) is 3.02. The number of aliphatic carboxylic acids is 1. The highest BCUT2D eigenvalue weighted by atomic mass is 16.4. The first kappa shape index (κ1) is 15.3. The smallest absolute Gasteiger partial charge is 0.303 e. The van der Waals surface area contributed by atoms with Crippen LogP contribution >= 0.6 is 0 Å². The maximum atomic E-state index is 12.0. The molecule has 1 aliphatic carbocycles. The van der Waals surface area contributed by atoms with Gasteiger partial charge in [-0.05, 0) is 48.9 Å². The highest BCUT2D eigenvalue weighted by Gasteiger charge is 2.09. The number of hydrogen-bond donors (Lipinski definition) is 2. The van der Waals surface area contributed by atoms with Crippen LogP contribution in [0.4, 0.5) is 0 Å². The lowest BCUT2D eigenvalue weighted by molar-refractivity contribution is -0.137. The Balaban J connectivity index is 1.76. The van der Waals surface area contributed by atoms with Crippen molar-refractivity contribution >= 4 is 18.0 Å². The first-order valence-corrected chi connectivity index (χ1v) is 7.46. The van der Waals surface area contributed by atoms with E-state index in [1.807, 2.05) is 18.2 Å². The second kappa shape index (κ2) is 7.62. The lowest BCUT2D eigenvalue weighted by atomic mass is 9.95. The normalized spacial score (nSPS) is 12.8. The second-order valence-electron chi connectivity index (χ2n) is 5.31. The standard InChI is InChI=1S/C17H21NO3/c19-16(20)8-2-1-5-11-18-17(21)15-10-9-13-6-3-4-7-14(13)12-15/h3,6,9-10,12H,1-2,4-5,7-8,11H2,(H,18,21)(H,19,20). The van der Waals surface area contributed by atoms with E-state index in [-0.39, 0.29) is 12.3 Å². The third kappa shape index (κ3) is 4.74. The Hall–Kier alpha value is -2.10. The molecule has 2 N–H and O–H groups in total. The van der Waals surface area contributed by atoms with Gasteiger partial charge in [-0.15, -0.1) is 0 Å². The molecule has 0 saturated carbocycles. The summed E-state index contributed by atoms with van der Waals surface area (Å²) in [7, 11) is 0. The van der Waals surface area contributed by atoms with Crippen LogP contribution in [0.5, 0.6) is 0 Å². The molecule has 1 amide bonds. The minimum absolute atomic E-state index is 0.0504. The van der Waals surface area contributed by atoms with E-state index in [0.717, 1.165) is 25.7 Å². The molecule has 0 fully saturated rings. The number of amides is 1. The number of aryl methyl sites for hydroxylation is 1. The van der Waals surface area contributed by atoms with E-state index in [1.54, 1.807) is 0 Å². The second-order valence-corrected chi connectivity index (χ2v) is 5.31. The van der Waals surface area contributed by atoms with Gasteiger partial charge in [-0.25, -0.2) is 0 Å². The first-order chi connectivity index (χ1) is 10.2. The quantitative estimate of drug-likeness (QED) is 0.758. The van der Waals surface area contributed by atoms with Gasteiger partial charge in [0.1, 0.15) is 0 Å². The molecular formula is C17H21NO3. The molecule has 0 aromatic heterocycles. The van der Waals surface area contributed by atoms with Gasteiger partial charge >= 0.3 is 5.97 Å². The Morgan fingerprint density at radius 2 is 2.05 bits per heavy atom. The summed E-state index contributed by atoms with van der Waals surface area (Å²) < 4.78 is 0. The minimum atomic E-state index is -0.762. The Bertz CT molecular complexity index is 549. The fourth-order valence-electron chi connectivity index (χ4n) is 2.46. The average molecular weight is 287 g/mol. The maximum Gasteiger partial charge on any atom is 0.303 e. The molecule has 2 rings (SSSR count). The Morgan fingerprint density at radius 3 is 2.86 bits per heavy atom. The molecule has 0 radical (unpaired) electrons. The number of rotatable bonds is 7. The molecule has 1 aromatic rings. The molecule has 0 heterocycles. The van der Waals surface area contributed by atoms with Crippen molar-refractivity contribution in [2.75, 3.05) is 6.54 Å². The van der Waals surface area contributed by atoms with Crippen LogP contribution in [-0.4, -0.2) is 23.5 Å². The van der Waals surface area contributed by atoms with Crippen molar-refractivity contribution in [2.45, 2.75) is 38.5 Å². The number of benzene rings is 1. The average Bonchev–Trinajstić information content (AvgIpc) is 2.49. The molecular weight excluding hydrogens is 266 g/mol. The van der Waals surface area contributed by atoms with Gasteiger partial charge in [0, 0.05) is 18.5 Å². The fourth-order valence-corrected chi connectivity index (χ4v) is 2.46. The van der Waals surface area contributed by atoms with Crippen molar-refractivity contribution in [3.8, 4) is 0 Å². The zero-order valence-corrected chi connectivity index (χ0v) is 12.1. The van der Waals surface area contributed by atoms with Crippen molar-refractivity contribution in [3.63, 3.8) is 0 Å². The van der Waals surface area contributed by atoms with Crippen molar-refractivity contribution in [1.82, 2.24) is 5.32 Å². The summed E-state index contributed by atoms with van der Waals surface area (Å²) in [5.41, 5.74) is 3.13. The van der Waals surface area contributed by atoms with E-state index in [0.29, 0.717) is 18.5 Å². The molecule has 0 atom stereocenters. The number of carbonyl (C=O) groups excluding carboxylic acids is 1. The third-order valence-electron chi connectivity index (χ3n) is 3.64. The third-order valence-corrected chi connectivity index (χ3v) is 3.64. The van der Waals surface area contributed by atoms with Crippen LogP contribution in [0.3, 0.4) is 0 Å². The first-order valence-electron chi connectivity index (χ1n) is 7.46. The number of unbranched alkanes of at least 4 members (excludes halogenated alkanes) is 2. The van der Waals surface area contributed by atoms with Gasteiger partial charge in [-0.1, -0.05) is 24.6 Å². The number of fused-ring (bicyclic) bond motifs is 1. The van der Waals surface area contributed by atoms with E-state index in [9.17, 15) is 9.59 Å². The van der Waals surface area contributed by atoms with E-state index in [1.165, 1.54) is 11.1 Å². The monoisotopic (exact) mass is 287 g/mol. The van der Waals surface area contributed by atoms with Crippen LogP contribution in [0.15, 0.2) is 24.3 Å². The van der Waals surface area contributed by atoms with E-state index < -0.39 is 5.97 Å². The summed E-state index contributed by atoms with van der Waals surface area (Å²) in [5.74, 6) is -0.812. The lowest BCUT2D eigenvalue weighted by Crippen LogP contribution is -2.24. The van der Waals surface area contributed by atoms with Crippen LogP contribution in [0.25, 0.3) is 6.08 Å². The van der Waals surface area contributed by atoms with Gasteiger partial charge in [0.15, 0.2) is 0 Å². The maximum absolute atomic E-state index is 12.0. The molecule has 0 aliphatic heterocycles. The molecule has 1 aliphatic rings.